The highest BCUT2D eigenvalue weighted by molar-refractivity contribution is 7.80. The Bertz CT molecular complexity index is 668. The van der Waals surface area contributed by atoms with Crippen LogP contribution in [0.25, 0.3) is 0 Å². The van der Waals surface area contributed by atoms with Crippen LogP contribution in [0.3, 0.4) is 0 Å². The second-order valence-electron chi connectivity index (χ2n) is 5.65. The maximum Gasteiger partial charge on any atom is 0.171 e. The van der Waals surface area contributed by atoms with Gasteiger partial charge in [-0.05, 0) is 70.1 Å². The van der Waals surface area contributed by atoms with E-state index in [1.54, 1.807) is 0 Å². The number of aromatic nitrogens is 2. The highest BCUT2D eigenvalue weighted by atomic mass is 32.1. The van der Waals surface area contributed by atoms with Crippen LogP contribution >= 0.6 is 12.2 Å². The zero-order chi connectivity index (χ0) is 16.3. The van der Waals surface area contributed by atoms with E-state index in [0.29, 0.717) is 11.7 Å². The summed E-state index contributed by atoms with van der Waals surface area (Å²) in [7, 11) is 0. The Balaban J connectivity index is 2.00. The van der Waals surface area contributed by atoms with E-state index < -0.39 is 0 Å². The van der Waals surface area contributed by atoms with E-state index in [0.717, 1.165) is 17.9 Å². The fourth-order valence-corrected chi connectivity index (χ4v) is 2.88. The summed E-state index contributed by atoms with van der Waals surface area (Å²) in [5.74, 6) is 0. The number of anilines is 1. The molecule has 0 aliphatic heterocycles. The van der Waals surface area contributed by atoms with E-state index in [4.69, 9.17) is 12.2 Å². The quantitative estimate of drug-likeness (QED) is 0.845. The van der Waals surface area contributed by atoms with Crippen molar-refractivity contribution in [2.45, 2.75) is 47.7 Å². The normalized spacial score (nSPS) is 10.6. The van der Waals surface area contributed by atoms with E-state index in [2.05, 4.69) is 61.6 Å². The highest BCUT2D eigenvalue weighted by Crippen LogP contribution is 2.15. The van der Waals surface area contributed by atoms with Gasteiger partial charge in [-0.3, -0.25) is 4.68 Å². The molecule has 0 spiro atoms. The number of benzene rings is 1. The summed E-state index contributed by atoms with van der Waals surface area (Å²) in [5.41, 5.74) is 6.93. The molecule has 0 atom stereocenters. The lowest BCUT2D eigenvalue weighted by Crippen LogP contribution is -2.28. The molecule has 2 rings (SSSR count). The molecule has 5 heteroatoms. The van der Waals surface area contributed by atoms with E-state index >= 15 is 0 Å². The largest absolute Gasteiger partial charge is 0.358 e. The molecule has 2 aromatic rings. The Labute approximate surface area is 137 Å². The molecule has 1 aromatic heterocycles. The first-order chi connectivity index (χ1) is 10.4. The van der Waals surface area contributed by atoms with Gasteiger partial charge in [-0.15, -0.1) is 0 Å². The van der Waals surface area contributed by atoms with Gasteiger partial charge in [-0.2, -0.15) is 5.10 Å². The zero-order valence-electron chi connectivity index (χ0n) is 13.9. The smallest absolute Gasteiger partial charge is 0.171 e. The highest BCUT2D eigenvalue weighted by Gasteiger charge is 2.10. The number of thiocarbonyl (C=S) groups is 1. The Morgan fingerprint density at radius 3 is 2.32 bits per heavy atom. The molecule has 0 aliphatic rings. The summed E-state index contributed by atoms with van der Waals surface area (Å²) >= 11 is 5.39. The lowest BCUT2D eigenvalue weighted by atomic mass is 10.1. The average Bonchev–Trinajstić information content (AvgIpc) is 2.70. The van der Waals surface area contributed by atoms with Crippen LogP contribution in [0, 0.1) is 27.7 Å². The van der Waals surface area contributed by atoms with Crippen molar-refractivity contribution in [2.24, 2.45) is 0 Å². The molecule has 0 saturated carbocycles. The van der Waals surface area contributed by atoms with E-state index in [9.17, 15) is 0 Å². The number of nitrogens with one attached hydrogen (secondary N) is 2. The van der Waals surface area contributed by atoms with Crippen molar-refractivity contribution in [1.29, 1.82) is 0 Å². The topological polar surface area (TPSA) is 41.9 Å². The monoisotopic (exact) mass is 316 g/mol. The van der Waals surface area contributed by atoms with Gasteiger partial charge in [0.15, 0.2) is 5.11 Å². The van der Waals surface area contributed by atoms with Gasteiger partial charge in [-0.1, -0.05) is 6.07 Å². The fourth-order valence-electron chi connectivity index (χ4n) is 2.69. The molecule has 0 bridgehead atoms. The first kappa shape index (κ1) is 16.5. The Hall–Kier alpha value is -1.88. The van der Waals surface area contributed by atoms with Crippen LogP contribution in [-0.4, -0.2) is 14.9 Å². The van der Waals surface area contributed by atoms with Gasteiger partial charge in [0.1, 0.15) is 0 Å². The van der Waals surface area contributed by atoms with Gasteiger partial charge in [-0.25, -0.2) is 0 Å². The Morgan fingerprint density at radius 1 is 1.14 bits per heavy atom. The molecule has 0 aliphatic carbocycles. The molecule has 0 amide bonds. The number of hydrogen-bond donors (Lipinski definition) is 2. The number of hydrogen-bond acceptors (Lipinski definition) is 2. The van der Waals surface area contributed by atoms with E-state index in [1.165, 1.54) is 22.4 Å². The minimum atomic E-state index is 0.632. The third-order valence-corrected chi connectivity index (χ3v) is 3.98. The molecule has 0 radical (unpaired) electrons. The van der Waals surface area contributed by atoms with Crippen LogP contribution in [0.4, 0.5) is 5.69 Å². The van der Waals surface area contributed by atoms with Crippen molar-refractivity contribution >= 4 is 23.0 Å². The molecule has 0 saturated heterocycles. The van der Waals surface area contributed by atoms with Crippen LogP contribution in [0.2, 0.25) is 0 Å². The average molecular weight is 316 g/mol. The lowest BCUT2D eigenvalue weighted by Gasteiger charge is -2.12. The summed E-state index contributed by atoms with van der Waals surface area (Å²) in [5, 5.41) is 11.7. The molecule has 1 aromatic carbocycles. The van der Waals surface area contributed by atoms with Gasteiger partial charge in [0.25, 0.3) is 0 Å². The first-order valence-corrected chi connectivity index (χ1v) is 7.97. The first-order valence-electron chi connectivity index (χ1n) is 7.56. The maximum atomic E-state index is 5.39. The molecule has 118 valence electrons. The second-order valence-corrected chi connectivity index (χ2v) is 6.06. The fraction of sp³-hybridized carbons (Fsp3) is 0.412. The van der Waals surface area contributed by atoms with Crippen LogP contribution in [0.5, 0.6) is 0 Å². The van der Waals surface area contributed by atoms with Crippen LogP contribution < -0.4 is 10.6 Å². The summed E-state index contributed by atoms with van der Waals surface area (Å²) in [4.78, 5) is 0. The molecular formula is C17H24N4S. The second kappa shape index (κ2) is 6.92. The predicted molar refractivity (Wildman–Crippen MR) is 96.4 cm³/mol. The third-order valence-electron chi connectivity index (χ3n) is 3.74. The Morgan fingerprint density at radius 2 is 1.77 bits per heavy atom. The summed E-state index contributed by atoms with van der Waals surface area (Å²) in [6.07, 6.45) is 0. The van der Waals surface area contributed by atoms with Gasteiger partial charge in [0.05, 0.1) is 5.69 Å². The molecule has 22 heavy (non-hydrogen) atoms. The van der Waals surface area contributed by atoms with Crippen LogP contribution in [0.1, 0.15) is 35.0 Å². The Kier molecular flexibility index (Phi) is 5.19. The van der Waals surface area contributed by atoms with Crippen molar-refractivity contribution in [3.63, 3.8) is 0 Å². The van der Waals surface area contributed by atoms with E-state index in [-0.39, 0.29) is 0 Å². The minimum absolute atomic E-state index is 0.632. The number of aryl methyl sites for hydroxylation is 4. The van der Waals surface area contributed by atoms with Gasteiger partial charge < -0.3 is 10.6 Å². The molecular weight excluding hydrogens is 292 g/mol. The predicted octanol–water partition coefficient (Wildman–Crippen LogP) is 3.62. The van der Waals surface area contributed by atoms with Crippen LogP contribution in [-0.2, 0) is 13.1 Å². The van der Waals surface area contributed by atoms with Gasteiger partial charge >= 0.3 is 0 Å². The summed E-state index contributed by atoms with van der Waals surface area (Å²) in [6.45, 7) is 12.0. The number of nitrogens with zero attached hydrogens (tertiary/aromatic N) is 2. The third kappa shape index (κ3) is 3.85. The number of rotatable bonds is 4. The van der Waals surface area contributed by atoms with Crippen LogP contribution in [0.15, 0.2) is 18.2 Å². The summed E-state index contributed by atoms with van der Waals surface area (Å²) < 4.78 is 2.02. The SMILES string of the molecule is CCn1nc(C)c(CNC(=S)Nc2cc(C)cc(C)c2)c1C. The lowest BCUT2D eigenvalue weighted by molar-refractivity contribution is 0.633. The molecule has 4 nitrogen and oxygen atoms in total. The molecule has 0 unspecified atom stereocenters. The molecule has 1 heterocycles. The summed E-state index contributed by atoms with van der Waals surface area (Å²) in [6, 6.07) is 6.33. The van der Waals surface area contributed by atoms with Crippen molar-refractivity contribution in [1.82, 2.24) is 15.1 Å². The van der Waals surface area contributed by atoms with E-state index in [1.807, 2.05) is 11.6 Å². The molecule has 2 N–H and O–H groups in total. The molecule has 0 fully saturated rings. The van der Waals surface area contributed by atoms with Crippen molar-refractivity contribution in [3.8, 4) is 0 Å². The van der Waals surface area contributed by atoms with Gasteiger partial charge in [0.2, 0.25) is 0 Å². The van der Waals surface area contributed by atoms with Gasteiger partial charge in [0, 0.05) is 30.0 Å². The minimum Gasteiger partial charge on any atom is -0.358 e. The van der Waals surface area contributed by atoms with Crippen molar-refractivity contribution < 1.29 is 0 Å². The standard InChI is InChI=1S/C17H24N4S/c1-6-21-14(5)16(13(4)20-21)10-18-17(22)19-15-8-11(2)7-12(3)9-15/h7-9H,6,10H2,1-5H3,(H2,18,19,22). The maximum absolute atomic E-state index is 5.39. The van der Waals surface area contributed by atoms with Crippen molar-refractivity contribution in [3.05, 3.63) is 46.3 Å². The van der Waals surface area contributed by atoms with Crippen molar-refractivity contribution in [2.75, 3.05) is 5.32 Å². The zero-order valence-corrected chi connectivity index (χ0v) is 14.8.